The molecule has 1 heterocycles. The van der Waals surface area contributed by atoms with Crippen molar-refractivity contribution >= 4 is 35.8 Å². The van der Waals surface area contributed by atoms with Crippen molar-refractivity contribution in [2.75, 3.05) is 32.8 Å². The average Bonchev–Trinajstić information content (AvgIpc) is 2.50. The van der Waals surface area contributed by atoms with Crippen molar-refractivity contribution in [1.29, 1.82) is 0 Å². The first-order valence-electron chi connectivity index (χ1n) is 8.79. The van der Waals surface area contributed by atoms with Crippen LogP contribution in [0, 0.1) is 11.3 Å². The Bertz CT molecular complexity index is 397. The lowest BCUT2D eigenvalue weighted by atomic mass is 9.78. The normalized spacial score (nSPS) is 21.6. The summed E-state index contributed by atoms with van der Waals surface area (Å²) >= 11 is 0. The fraction of sp³-hybridized carbons (Fsp3) is 0.882. The Hall–Kier alpha value is -0.570. The molecule has 1 amide bonds. The van der Waals surface area contributed by atoms with Crippen molar-refractivity contribution in [2.45, 2.75) is 53.6 Å². The van der Waals surface area contributed by atoms with Gasteiger partial charge in [-0.2, -0.15) is 0 Å². The smallest absolute Gasteiger partial charge is 0.241 e. The SMILES string of the molecule is CCNC(=O)CN=C(NCC)NCC1CCCOC1C(C)(C)C.I. The molecule has 2 unspecified atom stereocenters. The van der Waals surface area contributed by atoms with Gasteiger partial charge in [-0.25, -0.2) is 4.99 Å². The van der Waals surface area contributed by atoms with Crippen molar-refractivity contribution in [3.8, 4) is 0 Å². The molecule has 0 aromatic rings. The number of rotatable bonds is 6. The number of halogens is 1. The number of ether oxygens (including phenoxy) is 1. The van der Waals surface area contributed by atoms with Gasteiger partial charge in [0.1, 0.15) is 6.54 Å². The van der Waals surface area contributed by atoms with Crippen LogP contribution < -0.4 is 16.0 Å². The third-order valence-corrected chi connectivity index (χ3v) is 3.93. The summed E-state index contributed by atoms with van der Waals surface area (Å²) in [6, 6.07) is 0. The number of nitrogens with one attached hydrogen (secondary N) is 3. The molecule has 0 aromatic carbocycles. The van der Waals surface area contributed by atoms with Crippen LogP contribution in [0.4, 0.5) is 0 Å². The van der Waals surface area contributed by atoms with Gasteiger partial charge in [0, 0.05) is 32.2 Å². The van der Waals surface area contributed by atoms with Crippen LogP contribution in [0.3, 0.4) is 0 Å². The van der Waals surface area contributed by atoms with Crippen molar-refractivity contribution in [3.05, 3.63) is 0 Å². The van der Waals surface area contributed by atoms with E-state index in [-0.39, 0.29) is 47.9 Å². The van der Waals surface area contributed by atoms with Crippen LogP contribution in [0.25, 0.3) is 0 Å². The molecule has 0 radical (unpaired) electrons. The molecule has 2 atom stereocenters. The maximum atomic E-state index is 11.5. The second-order valence-electron chi connectivity index (χ2n) is 7.09. The van der Waals surface area contributed by atoms with Gasteiger partial charge in [0.05, 0.1) is 6.10 Å². The predicted octanol–water partition coefficient (Wildman–Crippen LogP) is 2.14. The highest BCUT2D eigenvalue weighted by molar-refractivity contribution is 14.0. The fourth-order valence-electron chi connectivity index (χ4n) is 2.98. The summed E-state index contributed by atoms with van der Waals surface area (Å²) in [7, 11) is 0. The first-order chi connectivity index (χ1) is 10.9. The van der Waals surface area contributed by atoms with Gasteiger partial charge in [-0.15, -0.1) is 24.0 Å². The van der Waals surface area contributed by atoms with Gasteiger partial charge in [-0.3, -0.25) is 4.79 Å². The number of nitrogens with zero attached hydrogens (tertiary/aromatic N) is 1. The molecule has 24 heavy (non-hydrogen) atoms. The lowest BCUT2D eigenvalue weighted by Gasteiger charge is -2.40. The molecule has 0 bridgehead atoms. The Morgan fingerprint density at radius 1 is 1.17 bits per heavy atom. The molecule has 0 spiro atoms. The number of hydrogen-bond donors (Lipinski definition) is 3. The quantitative estimate of drug-likeness (QED) is 0.327. The molecule has 0 aliphatic carbocycles. The Morgan fingerprint density at radius 2 is 1.83 bits per heavy atom. The summed E-state index contributed by atoms with van der Waals surface area (Å²) in [4.78, 5) is 15.9. The highest BCUT2D eigenvalue weighted by Crippen LogP contribution is 2.33. The van der Waals surface area contributed by atoms with Crippen LogP contribution in [0.15, 0.2) is 4.99 Å². The van der Waals surface area contributed by atoms with E-state index >= 15 is 0 Å². The molecular formula is C17H35IN4O2. The molecule has 1 fully saturated rings. The first kappa shape index (κ1) is 23.4. The number of likely N-dealkylation sites (N-methyl/N-ethyl adjacent to an activating group) is 1. The number of amides is 1. The number of hydrogen-bond acceptors (Lipinski definition) is 3. The van der Waals surface area contributed by atoms with Crippen molar-refractivity contribution in [2.24, 2.45) is 16.3 Å². The van der Waals surface area contributed by atoms with Gasteiger partial charge in [0.25, 0.3) is 0 Å². The third-order valence-electron chi connectivity index (χ3n) is 3.93. The number of aliphatic imine (C=N–C) groups is 1. The summed E-state index contributed by atoms with van der Waals surface area (Å²) in [5.41, 5.74) is 0.128. The minimum Gasteiger partial charge on any atom is -0.377 e. The van der Waals surface area contributed by atoms with Crippen LogP contribution in [0.1, 0.15) is 47.5 Å². The topological polar surface area (TPSA) is 74.8 Å². The molecule has 1 saturated heterocycles. The minimum absolute atomic E-state index is 0. The second kappa shape index (κ2) is 11.9. The molecule has 1 aliphatic heterocycles. The van der Waals surface area contributed by atoms with Gasteiger partial charge < -0.3 is 20.7 Å². The third kappa shape index (κ3) is 8.50. The zero-order valence-electron chi connectivity index (χ0n) is 15.8. The van der Waals surface area contributed by atoms with Gasteiger partial charge in [-0.1, -0.05) is 20.8 Å². The van der Waals surface area contributed by atoms with Gasteiger partial charge >= 0.3 is 0 Å². The maximum absolute atomic E-state index is 11.5. The Morgan fingerprint density at radius 3 is 2.42 bits per heavy atom. The lowest BCUT2D eigenvalue weighted by molar-refractivity contribution is -0.119. The van der Waals surface area contributed by atoms with E-state index in [0.717, 1.165) is 32.5 Å². The van der Waals surface area contributed by atoms with E-state index in [1.54, 1.807) is 0 Å². The highest BCUT2D eigenvalue weighted by Gasteiger charge is 2.35. The first-order valence-corrected chi connectivity index (χ1v) is 8.79. The monoisotopic (exact) mass is 454 g/mol. The minimum atomic E-state index is -0.0572. The van der Waals surface area contributed by atoms with Crippen LogP contribution in [-0.2, 0) is 9.53 Å². The zero-order chi connectivity index (χ0) is 17.3. The summed E-state index contributed by atoms with van der Waals surface area (Å²) in [6.07, 6.45) is 2.51. The standard InChI is InChI=1S/C17H34N4O2.HI/c1-6-18-14(22)12-21-16(19-7-2)20-11-13-9-8-10-23-15(13)17(3,4)5;/h13,15H,6-12H2,1-5H3,(H,18,22)(H2,19,20,21);1H. The van der Waals surface area contributed by atoms with E-state index in [0.29, 0.717) is 18.4 Å². The summed E-state index contributed by atoms with van der Waals surface area (Å²) in [6.45, 7) is 13.8. The van der Waals surface area contributed by atoms with E-state index in [1.165, 1.54) is 0 Å². The van der Waals surface area contributed by atoms with Gasteiger partial charge in [-0.05, 0) is 32.1 Å². The van der Waals surface area contributed by atoms with E-state index in [4.69, 9.17) is 4.74 Å². The van der Waals surface area contributed by atoms with Crippen LogP contribution >= 0.6 is 24.0 Å². The number of carbonyl (C=O) groups excluding carboxylic acids is 1. The highest BCUT2D eigenvalue weighted by atomic mass is 127. The molecule has 6 nitrogen and oxygen atoms in total. The molecule has 3 N–H and O–H groups in total. The molecule has 142 valence electrons. The average molecular weight is 454 g/mol. The number of carbonyl (C=O) groups is 1. The fourth-order valence-corrected chi connectivity index (χ4v) is 2.98. The molecule has 0 saturated carbocycles. The van der Waals surface area contributed by atoms with Crippen molar-refractivity contribution in [1.82, 2.24) is 16.0 Å². The molecule has 1 rings (SSSR count). The largest absolute Gasteiger partial charge is 0.377 e. The molecule has 0 aromatic heterocycles. The maximum Gasteiger partial charge on any atom is 0.241 e. The molecular weight excluding hydrogens is 419 g/mol. The number of guanidine groups is 1. The Labute approximate surface area is 164 Å². The summed E-state index contributed by atoms with van der Waals surface area (Å²) in [5.74, 6) is 1.09. The van der Waals surface area contributed by atoms with Crippen LogP contribution in [0.2, 0.25) is 0 Å². The second-order valence-corrected chi connectivity index (χ2v) is 7.09. The van der Waals surface area contributed by atoms with E-state index in [9.17, 15) is 4.79 Å². The van der Waals surface area contributed by atoms with Gasteiger partial charge in [0.15, 0.2) is 5.96 Å². The molecule has 1 aliphatic rings. The summed E-state index contributed by atoms with van der Waals surface area (Å²) in [5, 5.41) is 9.31. The van der Waals surface area contributed by atoms with Gasteiger partial charge in [0.2, 0.25) is 5.91 Å². The van der Waals surface area contributed by atoms with Crippen LogP contribution in [0.5, 0.6) is 0 Å². The van der Waals surface area contributed by atoms with Crippen molar-refractivity contribution < 1.29 is 9.53 Å². The predicted molar refractivity (Wildman–Crippen MR) is 110 cm³/mol. The van der Waals surface area contributed by atoms with E-state index in [2.05, 4.69) is 41.7 Å². The zero-order valence-corrected chi connectivity index (χ0v) is 18.1. The summed E-state index contributed by atoms with van der Waals surface area (Å²) < 4.78 is 6.01. The van der Waals surface area contributed by atoms with E-state index < -0.39 is 0 Å². The van der Waals surface area contributed by atoms with E-state index in [1.807, 2.05) is 13.8 Å². The molecule has 7 heteroatoms. The van der Waals surface area contributed by atoms with Crippen molar-refractivity contribution in [3.63, 3.8) is 0 Å². The Kier molecular flexibility index (Phi) is 11.6. The lowest BCUT2D eigenvalue weighted by Crippen LogP contribution is -2.47. The van der Waals surface area contributed by atoms with Crippen LogP contribution in [-0.4, -0.2) is 50.8 Å². The Balaban J connectivity index is 0.00000529.